The van der Waals surface area contributed by atoms with Gasteiger partial charge in [0.15, 0.2) is 0 Å². The Bertz CT molecular complexity index is 575. The first-order chi connectivity index (χ1) is 11.4. The van der Waals surface area contributed by atoms with E-state index >= 15 is 0 Å². The Morgan fingerprint density at radius 3 is 1.08 bits per heavy atom. The molecular weight excluding hydrogens is 351 g/mol. The van der Waals surface area contributed by atoms with Crippen LogP contribution in [0.3, 0.4) is 0 Å². The molecule has 0 unspecified atom stereocenters. The van der Waals surface area contributed by atoms with Crippen molar-refractivity contribution in [3.8, 4) is 0 Å². The first kappa shape index (κ1) is 20.4. The molecule has 0 radical (unpaired) electrons. The molecule has 0 bridgehead atoms. The molecule has 24 heavy (non-hydrogen) atoms. The molecule has 0 N–H and O–H groups in total. The summed E-state index contributed by atoms with van der Waals surface area (Å²) >= 11 is 0. The van der Waals surface area contributed by atoms with Crippen molar-refractivity contribution in [1.29, 1.82) is 0 Å². The number of rotatable bonds is 2. The van der Waals surface area contributed by atoms with Crippen molar-refractivity contribution in [1.82, 2.24) is 0 Å². The fourth-order valence-electron chi connectivity index (χ4n) is 2.00. The van der Waals surface area contributed by atoms with E-state index in [0.717, 1.165) is 21.4 Å². The largest absolute Gasteiger partial charge is 0.0808 e. The quantitative estimate of drug-likeness (QED) is 0.493. The molecule has 0 heterocycles. The summed E-state index contributed by atoms with van der Waals surface area (Å²) in [4.78, 5) is 0. The Balaban J connectivity index is 0.000000216. The number of benzene rings is 2. The van der Waals surface area contributed by atoms with Crippen LogP contribution in [0.2, 0.25) is 0 Å². The third kappa shape index (κ3) is 9.48. The second-order valence-corrected chi connectivity index (χ2v) is 6.45. The maximum absolute atomic E-state index is 2.17. The smallest absolute Gasteiger partial charge is 0 e. The van der Waals surface area contributed by atoms with Gasteiger partial charge in [-0.25, -0.2) is 0 Å². The minimum absolute atomic E-state index is 0. The van der Waals surface area contributed by atoms with Crippen molar-refractivity contribution in [2.75, 3.05) is 0 Å². The van der Waals surface area contributed by atoms with Crippen LogP contribution < -0.4 is 10.6 Å². The van der Waals surface area contributed by atoms with Gasteiger partial charge in [0.2, 0.25) is 0 Å². The molecule has 0 amide bonds. The first-order valence-electron chi connectivity index (χ1n) is 7.95. The Morgan fingerprint density at radius 1 is 0.500 bits per heavy atom. The van der Waals surface area contributed by atoms with Crippen LogP contribution in [-0.4, -0.2) is 0 Å². The molecule has 2 aromatic carbocycles. The Morgan fingerprint density at radius 2 is 0.833 bits per heavy atom. The summed E-state index contributed by atoms with van der Waals surface area (Å²) < 4.78 is 0. The van der Waals surface area contributed by atoms with Gasteiger partial charge in [-0.1, -0.05) is 118 Å². The van der Waals surface area contributed by atoms with E-state index < -0.39 is 0 Å². The van der Waals surface area contributed by atoms with Crippen molar-refractivity contribution in [3.63, 3.8) is 0 Å². The number of hydrogen-bond donors (Lipinski definition) is 0. The number of allylic oxidation sites excluding steroid dienone is 8. The van der Waals surface area contributed by atoms with E-state index in [2.05, 4.69) is 109 Å². The van der Waals surface area contributed by atoms with E-state index in [9.17, 15) is 0 Å². The van der Waals surface area contributed by atoms with Gasteiger partial charge in [-0.15, -0.1) is 0 Å². The van der Waals surface area contributed by atoms with Gasteiger partial charge >= 0.3 is 0 Å². The van der Waals surface area contributed by atoms with Crippen LogP contribution in [0.1, 0.15) is 12.8 Å². The average molecular weight is 374 g/mol. The van der Waals surface area contributed by atoms with E-state index in [1.165, 1.54) is 10.6 Å². The SMILES string of the molecule is C1=CCC=C1.C1=CCC=C1.[Fe].c1ccc(Pc2ccccc2)cc1. The molecule has 0 aromatic heterocycles. The minimum Gasteiger partial charge on any atom is -0.0808 e. The standard InChI is InChI=1S/C12H11P.2C5H6.Fe/c1-3-7-11(8-4-1)13-12-9-5-2-6-10-12;2*1-2-4-5-3-1;/h1-10,13H;2*1-4H,5H2;. The molecule has 0 fully saturated rings. The van der Waals surface area contributed by atoms with Crippen molar-refractivity contribution in [3.05, 3.63) is 109 Å². The van der Waals surface area contributed by atoms with Gasteiger partial charge in [0.25, 0.3) is 0 Å². The van der Waals surface area contributed by atoms with E-state index in [4.69, 9.17) is 0 Å². The van der Waals surface area contributed by atoms with E-state index in [1.54, 1.807) is 0 Å². The van der Waals surface area contributed by atoms with Gasteiger partial charge in [-0.3, -0.25) is 0 Å². The molecule has 2 aliphatic carbocycles. The van der Waals surface area contributed by atoms with Crippen molar-refractivity contribution in [2.24, 2.45) is 0 Å². The predicted molar refractivity (Wildman–Crippen MR) is 106 cm³/mol. The van der Waals surface area contributed by atoms with Crippen molar-refractivity contribution >= 4 is 19.2 Å². The molecular formula is C22H23FeP. The second-order valence-electron chi connectivity index (χ2n) is 5.04. The van der Waals surface area contributed by atoms with Crippen LogP contribution in [0, 0.1) is 0 Å². The van der Waals surface area contributed by atoms with E-state index in [0.29, 0.717) is 0 Å². The molecule has 0 saturated carbocycles. The van der Waals surface area contributed by atoms with Crippen molar-refractivity contribution in [2.45, 2.75) is 12.8 Å². The molecule has 0 atom stereocenters. The van der Waals surface area contributed by atoms with Crippen LogP contribution in [0.5, 0.6) is 0 Å². The maximum atomic E-state index is 2.17. The minimum atomic E-state index is 0. The molecule has 0 saturated heterocycles. The monoisotopic (exact) mass is 374 g/mol. The van der Waals surface area contributed by atoms with Crippen LogP contribution in [0.4, 0.5) is 0 Å². The molecule has 2 aromatic rings. The fraction of sp³-hybridized carbons (Fsp3) is 0.0909. The fourth-order valence-corrected chi connectivity index (χ4v) is 3.05. The summed E-state index contributed by atoms with van der Waals surface area (Å²) in [5, 5.41) is 2.79. The van der Waals surface area contributed by atoms with Gasteiger partial charge in [0.1, 0.15) is 0 Å². The Labute approximate surface area is 158 Å². The van der Waals surface area contributed by atoms with Gasteiger partial charge in [-0.05, 0) is 23.5 Å². The van der Waals surface area contributed by atoms with Crippen LogP contribution >= 0.6 is 8.58 Å². The molecule has 0 spiro atoms. The number of hydrogen-bond acceptors (Lipinski definition) is 0. The summed E-state index contributed by atoms with van der Waals surface area (Å²) in [5.74, 6) is 0. The molecule has 2 heteroatoms. The summed E-state index contributed by atoms with van der Waals surface area (Å²) in [6.07, 6.45) is 19.0. The topological polar surface area (TPSA) is 0 Å². The summed E-state index contributed by atoms with van der Waals surface area (Å²) in [5.41, 5.74) is 0. The first-order valence-corrected chi connectivity index (χ1v) is 8.95. The Hall–Kier alpha value is -1.65. The molecule has 124 valence electrons. The molecule has 0 aliphatic heterocycles. The zero-order chi connectivity index (χ0) is 16.0. The summed E-state index contributed by atoms with van der Waals surface area (Å²) in [6, 6.07) is 21.2. The summed E-state index contributed by atoms with van der Waals surface area (Å²) in [7, 11) is 0.777. The van der Waals surface area contributed by atoms with Crippen LogP contribution in [0.25, 0.3) is 0 Å². The van der Waals surface area contributed by atoms with Gasteiger partial charge in [0, 0.05) is 17.1 Å². The normalized spacial score (nSPS) is 12.7. The zero-order valence-electron chi connectivity index (χ0n) is 13.7. The van der Waals surface area contributed by atoms with Crippen LogP contribution in [-0.2, 0) is 17.1 Å². The second kappa shape index (κ2) is 13.8. The molecule has 2 aliphatic rings. The third-order valence-corrected chi connectivity index (χ3v) is 4.39. The van der Waals surface area contributed by atoms with Gasteiger partial charge in [0.05, 0.1) is 0 Å². The van der Waals surface area contributed by atoms with Gasteiger partial charge < -0.3 is 0 Å². The predicted octanol–water partition coefficient (Wildman–Crippen LogP) is 5.32. The maximum Gasteiger partial charge on any atom is 0 e. The zero-order valence-corrected chi connectivity index (χ0v) is 15.8. The van der Waals surface area contributed by atoms with Crippen molar-refractivity contribution < 1.29 is 17.1 Å². The molecule has 0 nitrogen and oxygen atoms in total. The molecule has 4 rings (SSSR count). The van der Waals surface area contributed by atoms with E-state index in [-0.39, 0.29) is 17.1 Å². The third-order valence-electron chi connectivity index (χ3n) is 3.15. The Kier molecular flexibility index (Phi) is 11.7. The van der Waals surface area contributed by atoms with E-state index in [1.807, 2.05) is 0 Å². The summed E-state index contributed by atoms with van der Waals surface area (Å²) in [6.45, 7) is 0. The van der Waals surface area contributed by atoms with Crippen LogP contribution in [0.15, 0.2) is 109 Å². The van der Waals surface area contributed by atoms with Gasteiger partial charge in [-0.2, -0.15) is 0 Å². The average Bonchev–Trinajstić information content (AvgIpc) is 3.35.